The summed E-state index contributed by atoms with van der Waals surface area (Å²) < 4.78 is 32.1. The van der Waals surface area contributed by atoms with Gasteiger partial charge in [-0.25, -0.2) is 14.4 Å². The van der Waals surface area contributed by atoms with E-state index in [2.05, 4.69) is 15.4 Å². The summed E-state index contributed by atoms with van der Waals surface area (Å²) in [7, 11) is 4.75. The van der Waals surface area contributed by atoms with E-state index in [4.69, 9.17) is 30.8 Å². The van der Waals surface area contributed by atoms with Crippen LogP contribution in [0.4, 0.5) is 4.39 Å². The lowest BCUT2D eigenvalue weighted by atomic mass is 9.92. The zero-order valence-corrected chi connectivity index (χ0v) is 23.5. The first kappa shape index (κ1) is 28.3. The molecule has 1 amide bonds. The number of amides is 1. The molecule has 1 atom stereocenters. The van der Waals surface area contributed by atoms with Gasteiger partial charge in [0.2, 0.25) is 0 Å². The van der Waals surface area contributed by atoms with Gasteiger partial charge >= 0.3 is 0 Å². The number of nitrogens with zero attached hydrogens (tertiary/aromatic N) is 4. The molecule has 0 saturated heterocycles. The molecule has 2 aromatic carbocycles. The maximum absolute atomic E-state index is 13.8. The Hall–Kier alpha value is -4.22. The number of ether oxygens (including phenoxy) is 3. The Morgan fingerprint density at radius 1 is 1.12 bits per heavy atom. The lowest BCUT2D eigenvalue weighted by molar-refractivity contribution is 0.00953. The summed E-state index contributed by atoms with van der Waals surface area (Å²) in [6.45, 7) is 0.0972. The van der Waals surface area contributed by atoms with Crippen LogP contribution in [0.15, 0.2) is 54.9 Å². The molecule has 2 N–H and O–H groups in total. The Labute approximate surface area is 241 Å². The molecule has 41 heavy (non-hydrogen) atoms. The maximum Gasteiger partial charge on any atom is 0.251 e. The number of pyridine rings is 1. The average Bonchev–Trinajstić information content (AvgIpc) is 3.77. The molecule has 10 nitrogen and oxygen atoms in total. The van der Waals surface area contributed by atoms with Gasteiger partial charge in [-0.15, -0.1) is 0 Å². The number of benzene rings is 2. The molecular weight excluding hydrogens is 553 g/mol. The van der Waals surface area contributed by atoms with Crippen molar-refractivity contribution >= 4 is 17.5 Å². The quantitative estimate of drug-likeness (QED) is 0.269. The smallest absolute Gasteiger partial charge is 0.251 e. The minimum absolute atomic E-state index is 0.0537. The summed E-state index contributed by atoms with van der Waals surface area (Å²) in [4.78, 5) is 22.0. The molecule has 0 spiro atoms. The zero-order chi connectivity index (χ0) is 29.1. The number of carbonyl (C=O) groups is 1. The van der Waals surface area contributed by atoms with E-state index >= 15 is 0 Å². The highest BCUT2D eigenvalue weighted by Gasteiger charge is 2.46. The average molecular weight is 582 g/mol. The van der Waals surface area contributed by atoms with E-state index in [1.165, 1.54) is 32.7 Å². The molecule has 0 radical (unpaired) electrons. The van der Waals surface area contributed by atoms with Crippen molar-refractivity contribution in [3.8, 4) is 28.5 Å². The van der Waals surface area contributed by atoms with E-state index in [1.807, 2.05) is 0 Å². The van der Waals surface area contributed by atoms with Crippen LogP contribution in [0.3, 0.4) is 0 Å². The van der Waals surface area contributed by atoms with Crippen molar-refractivity contribution in [3.63, 3.8) is 0 Å². The van der Waals surface area contributed by atoms with Crippen LogP contribution in [-0.4, -0.2) is 51.5 Å². The summed E-state index contributed by atoms with van der Waals surface area (Å²) in [5, 5.41) is 18.6. The highest BCUT2D eigenvalue weighted by atomic mass is 35.5. The molecule has 1 aliphatic rings. The lowest BCUT2D eigenvalue weighted by Gasteiger charge is -2.29. The van der Waals surface area contributed by atoms with Gasteiger partial charge in [0.25, 0.3) is 5.91 Å². The lowest BCUT2D eigenvalue weighted by Crippen LogP contribution is -2.43. The van der Waals surface area contributed by atoms with Gasteiger partial charge in [-0.3, -0.25) is 9.48 Å². The summed E-state index contributed by atoms with van der Waals surface area (Å²) >= 11 is 6.01. The molecule has 1 aliphatic carbocycles. The molecule has 1 fully saturated rings. The number of halogens is 2. The van der Waals surface area contributed by atoms with Crippen molar-refractivity contribution < 1.29 is 28.5 Å². The number of aryl methyl sites for hydroxylation is 1. The molecule has 5 rings (SSSR count). The van der Waals surface area contributed by atoms with Gasteiger partial charge in [0, 0.05) is 18.2 Å². The van der Waals surface area contributed by atoms with E-state index < -0.39 is 17.3 Å². The van der Waals surface area contributed by atoms with Gasteiger partial charge in [0.1, 0.15) is 35.8 Å². The van der Waals surface area contributed by atoms with Crippen molar-refractivity contribution in [2.75, 3.05) is 20.8 Å². The van der Waals surface area contributed by atoms with Crippen LogP contribution in [0.25, 0.3) is 11.3 Å². The second kappa shape index (κ2) is 11.7. The van der Waals surface area contributed by atoms with Crippen LogP contribution in [0, 0.1) is 11.7 Å². The van der Waals surface area contributed by atoms with Crippen LogP contribution >= 0.6 is 11.6 Å². The number of hydrogen-bond acceptors (Lipinski definition) is 8. The minimum Gasteiger partial charge on any atom is -0.494 e. The van der Waals surface area contributed by atoms with E-state index in [1.54, 1.807) is 48.1 Å². The third-order valence-electron chi connectivity index (χ3n) is 7.07. The largest absolute Gasteiger partial charge is 0.494 e. The molecule has 2 heterocycles. The first-order valence-corrected chi connectivity index (χ1v) is 13.3. The van der Waals surface area contributed by atoms with Crippen molar-refractivity contribution in [1.29, 1.82) is 0 Å². The van der Waals surface area contributed by atoms with Gasteiger partial charge in [0.15, 0.2) is 17.3 Å². The van der Waals surface area contributed by atoms with E-state index in [0.29, 0.717) is 45.6 Å². The highest BCUT2D eigenvalue weighted by Crippen LogP contribution is 2.46. The topological polar surface area (TPSA) is 121 Å². The molecular formula is C29H29ClFN5O5. The van der Waals surface area contributed by atoms with E-state index in [0.717, 1.165) is 12.8 Å². The van der Waals surface area contributed by atoms with E-state index in [9.17, 15) is 14.3 Å². The Morgan fingerprint density at radius 2 is 1.88 bits per heavy atom. The number of methoxy groups -OCH3 is 2. The third kappa shape index (κ3) is 5.96. The first-order chi connectivity index (χ1) is 19.7. The number of aliphatic hydroxyl groups is 1. The van der Waals surface area contributed by atoms with Gasteiger partial charge in [-0.2, -0.15) is 5.10 Å². The van der Waals surface area contributed by atoms with Gasteiger partial charge in [-0.1, -0.05) is 11.6 Å². The Kier molecular flexibility index (Phi) is 8.09. The van der Waals surface area contributed by atoms with Crippen LogP contribution in [-0.2, 0) is 19.3 Å². The monoisotopic (exact) mass is 581 g/mol. The van der Waals surface area contributed by atoms with Crippen molar-refractivity contribution in [1.82, 2.24) is 25.1 Å². The molecule has 0 bridgehead atoms. The van der Waals surface area contributed by atoms with Crippen LogP contribution < -0.4 is 19.5 Å². The number of rotatable bonds is 11. The molecule has 1 unspecified atom stereocenters. The van der Waals surface area contributed by atoms with Crippen LogP contribution in [0.1, 0.15) is 34.7 Å². The fourth-order valence-corrected chi connectivity index (χ4v) is 4.73. The van der Waals surface area contributed by atoms with Crippen molar-refractivity contribution in [3.05, 3.63) is 82.8 Å². The number of hydrogen-bond donors (Lipinski definition) is 2. The van der Waals surface area contributed by atoms with Crippen LogP contribution in [0.5, 0.6) is 17.2 Å². The molecule has 12 heteroatoms. The van der Waals surface area contributed by atoms with E-state index in [-0.39, 0.29) is 24.1 Å². The molecule has 2 aromatic heterocycles. The number of aromatic nitrogens is 4. The zero-order valence-electron chi connectivity index (χ0n) is 22.7. The Morgan fingerprint density at radius 3 is 2.54 bits per heavy atom. The Balaban J connectivity index is 1.35. The van der Waals surface area contributed by atoms with Crippen LogP contribution in [0.2, 0.25) is 5.02 Å². The van der Waals surface area contributed by atoms with Crippen molar-refractivity contribution in [2.24, 2.45) is 13.0 Å². The predicted molar refractivity (Wildman–Crippen MR) is 148 cm³/mol. The number of carbonyl (C=O) groups excluding carboxylic acids is 1. The maximum atomic E-state index is 13.8. The number of nitrogens with one attached hydrogen (secondary N) is 1. The predicted octanol–water partition coefficient (Wildman–Crippen LogP) is 4.29. The SMILES string of the molecule is COc1cc(C(=O)NCC(O)(c2ccc(OC)c(-c3ccc(F)c(Cl)c3)n2)C2CC2)ccc1OCc1ncnn1C. The second-order valence-electron chi connectivity index (χ2n) is 9.71. The summed E-state index contributed by atoms with van der Waals surface area (Å²) in [6, 6.07) is 12.4. The fourth-order valence-electron chi connectivity index (χ4n) is 4.55. The summed E-state index contributed by atoms with van der Waals surface area (Å²) in [6.07, 6.45) is 3.00. The Bertz CT molecular complexity index is 1580. The third-order valence-corrected chi connectivity index (χ3v) is 7.36. The standard InChI is InChI=1S/C29H29ClFN5O5/c1-36-26(33-16-34-36)14-41-22-9-5-18(13-24(22)40-3)28(37)32-15-29(38,19-6-7-19)25-11-10-23(39-2)27(35-25)17-4-8-21(31)20(30)12-17/h4-5,8-13,16,19,38H,6-7,14-15H2,1-3H3,(H,32,37). The second-order valence-corrected chi connectivity index (χ2v) is 10.1. The van der Waals surface area contributed by atoms with Crippen molar-refractivity contribution in [2.45, 2.75) is 25.0 Å². The van der Waals surface area contributed by atoms with Gasteiger partial charge < -0.3 is 24.6 Å². The van der Waals surface area contributed by atoms with Gasteiger partial charge in [0.05, 0.1) is 31.5 Å². The minimum atomic E-state index is -1.44. The molecule has 4 aromatic rings. The fraction of sp³-hybridized carbons (Fsp3) is 0.310. The summed E-state index contributed by atoms with van der Waals surface area (Å²) in [5.41, 5.74) is 0.186. The normalized spacial score (nSPS) is 14.3. The molecule has 1 saturated carbocycles. The summed E-state index contributed by atoms with van der Waals surface area (Å²) in [5.74, 6) is 0.831. The molecule has 0 aliphatic heterocycles. The highest BCUT2D eigenvalue weighted by molar-refractivity contribution is 6.31. The van der Waals surface area contributed by atoms with Gasteiger partial charge in [-0.05, 0) is 67.3 Å². The first-order valence-electron chi connectivity index (χ1n) is 12.9. The molecule has 214 valence electrons.